The number of hydrogen-bond acceptors (Lipinski definition) is 4. The van der Waals surface area contributed by atoms with Gasteiger partial charge in [-0.05, 0) is 12.8 Å². The molecule has 0 radical (unpaired) electrons. The molecule has 1 rings (SSSR count). The molecule has 0 heterocycles. The number of ketones is 1. The highest BCUT2D eigenvalue weighted by Gasteiger charge is 2.18. The zero-order valence-corrected chi connectivity index (χ0v) is 9.40. The van der Waals surface area contributed by atoms with Gasteiger partial charge < -0.3 is 9.47 Å². The lowest BCUT2D eigenvalue weighted by molar-refractivity contribution is -0.117. The fourth-order valence-corrected chi connectivity index (χ4v) is 1.44. The van der Waals surface area contributed by atoms with Crippen molar-refractivity contribution in [3.8, 4) is 0 Å². The first kappa shape index (κ1) is 12.5. The molecule has 0 saturated heterocycles. The Balaban J connectivity index is 2.52. The van der Waals surface area contributed by atoms with E-state index in [0.717, 1.165) is 12.8 Å². The molecular formula is C12H16O4. The molecule has 4 nitrogen and oxygen atoms in total. The van der Waals surface area contributed by atoms with E-state index in [0.29, 0.717) is 12.2 Å². The summed E-state index contributed by atoms with van der Waals surface area (Å²) < 4.78 is 9.59. The summed E-state index contributed by atoms with van der Waals surface area (Å²) in [6, 6.07) is 0. The van der Waals surface area contributed by atoms with Crippen LogP contribution in [0, 0.1) is 5.92 Å². The molecule has 0 saturated carbocycles. The van der Waals surface area contributed by atoms with Gasteiger partial charge in [0.25, 0.3) is 0 Å². The molecule has 0 aliphatic heterocycles. The van der Waals surface area contributed by atoms with E-state index < -0.39 is 6.16 Å². The minimum Gasteiger partial charge on any atom is -0.430 e. The third kappa shape index (κ3) is 3.88. The smallest absolute Gasteiger partial charge is 0.430 e. The average Bonchev–Trinajstić information content (AvgIpc) is 2.39. The van der Waals surface area contributed by atoms with Gasteiger partial charge in [0.05, 0.1) is 0 Å². The van der Waals surface area contributed by atoms with Crippen molar-refractivity contribution in [1.29, 1.82) is 0 Å². The number of carbonyl (C=O) groups is 2. The van der Waals surface area contributed by atoms with Crippen molar-refractivity contribution in [2.24, 2.45) is 5.92 Å². The molecule has 0 fully saturated rings. The first-order valence-electron chi connectivity index (χ1n) is 5.33. The van der Waals surface area contributed by atoms with Crippen LogP contribution < -0.4 is 0 Å². The fraction of sp³-hybridized carbons (Fsp3) is 0.500. The number of hydrogen-bond donors (Lipinski definition) is 0. The van der Waals surface area contributed by atoms with Crippen molar-refractivity contribution in [1.82, 2.24) is 0 Å². The molecule has 88 valence electrons. The van der Waals surface area contributed by atoms with Gasteiger partial charge in [-0.3, -0.25) is 4.79 Å². The normalized spacial score (nSPS) is 20.7. The van der Waals surface area contributed by atoms with Crippen LogP contribution in [-0.4, -0.2) is 18.5 Å². The molecular weight excluding hydrogens is 208 g/mol. The molecule has 1 aliphatic rings. The Morgan fingerprint density at radius 2 is 2.44 bits per heavy atom. The van der Waals surface area contributed by atoms with Crippen LogP contribution in [0.1, 0.15) is 26.2 Å². The van der Waals surface area contributed by atoms with Crippen molar-refractivity contribution in [3.63, 3.8) is 0 Å². The van der Waals surface area contributed by atoms with Gasteiger partial charge in [0.1, 0.15) is 12.4 Å². The summed E-state index contributed by atoms with van der Waals surface area (Å²) in [5.41, 5.74) is 0. The molecule has 0 amide bonds. The van der Waals surface area contributed by atoms with Gasteiger partial charge in [-0.25, -0.2) is 4.79 Å². The molecule has 0 bridgehead atoms. The Morgan fingerprint density at radius 1 is 1.69 bits per heavy atom. The van der Waals surface area contributed by atoms with E-state index in [4.69, 9.17) is 4.74 Å². The van der Waals surface area contributed by atoms with Gasteiger partial charge in [-0.15, -0.1) is 0 Å². The maximum Gasteiger partial charge on any atom is 0.513 e. The first-order chi connectivity index (χ1) is 7.63. The summed E-state index contributed by atoms with van der Waals surface area (Å²) in [7, 11) is 0. The predicted octanol–water partition coefficient (Wildman–Crippen LogP) is 2.60. The van der Waals surface area contributed by atoms with E-state index in [1.165, 1.54) is 12.2 Å². The maximum absolute atomic E-state index is 11.5. The van der Waals surface area contributed by atoms with E-state index >= 15 is 0 Å². The van der Waals surface area contributed by atoms with Crippen LogP contribution in [-0.2, 0) is 14.3 Å². The van der Waals surface area contributed by atoms with Gasteiger partial charge in [-0.1, -0.05) is 19.6 Å². The lowest BCUT2D eigenvalue weighted by Crippen LogP contribution is -2.09. The van der Waals surface area contributed by atoms with Gasteiger partial charge in [0.15, 0.2) is 5.78 Å². The summed E-state index contributed by atoms with van der Waals surface area (Å²) in [4.78, 5) is 22.6. The van der Waals surface area contributed by atoms with Crippen LogP contribution in [0.15, 0.2) is 24.5 Å². The standard InChI is InChI=1S/C12H16O4/c1-3-7-15-12(14)16-10-6-4-5-9(2)11(13)8-10/h3,8-9H,1,4-7H2,2H3/t9-/m1/s1. The van der Waals surface area contributed by atoms with Crippen molar-refractivity contribution in [3.05, 3.63) is 24.5 Å². The molecule has 16 heavy (non-hydrogen) atoms. The molecule has 0 unspecified atom stereocenters. The topological polar surface area (TPSA) is 52.6 Å². The second kappa shape index (κ2) is 6.10. The number of ether oxygens (including phenoxy) is 2. The third-order valence-corrected chi connectivity index (χ3v) is 2.38. The Labute approximate surface area is 94.9 Å². The highest BCUT2D eigenvalue weighted by molar-refractivity contribution is 5.92. The van der Waals surface area contributed by atoms with Crippen molar-refractivity contribution >= 4 is 11.9 Å². The first-order valence-corrected chi connectivity index (χ1v) is 5.33. The highest BCUT2D eigenvalue weighted by atomic mass is 16.7. The largest absolute Gasteiger partial charge is 0.513 e. The zero-order valence-electron chi connectivity index (χ0n) is 9.40. The van der Waals surface area contributed by atoms with Crippen LogP contribution in [0.3, 0.4) is 0 Å². The second-order valence-corrected chi connectivity index (χ2v) is 3.76. The SMILES string of the molecule is C=CCOC(=O)OC1=CC(=O)[C@H](C)CCC1. The van der Waals surface area contributed by atoms with Crippen LogP contribution in [0.5, 0.6) is 0 Å². The minimum atomic E-state index is -0.784. The minimum absolute atomic E-state index is 0.00372. The second-order valence-electron chi connectivity index (χ2n) is 3.76. The predicted molar refractivity (Wildman–Crippen MR) is 58.7 cm³/mol. The van der Waals surface area contributed by atoms with Crippen LogP contribution in [0.25, 0.3) is 0 Å². The molecule has 0 aromatic carbocycles. The van der Waals surface area contributed by atoms with Crippen LogP contribution in [0.2, 0.25) is 0 Å². The highest BCUT2D eigenvalue weighted by Crippen LogP contribution is 2.20. The molecule has 0 N–H and O–H groups in total. The molecule has 0 spiro atoms. The average molecular weight is 224 g/mol. The molecule has 0 aromatic heterocycles. The number of rotatable bonds is 3. The zero-order chi connectivity index (χ0) is 12.0. The Bertz CT molecular complexity index is 317. The third-order valence-electron chi connectivity index (χ3n) is 2.38. The van der Waals surface area contributed by atoms with Gasteiger partial charge in [0, 0.05) is 18.4 Å². The maximum atomic E-state index is 11.5. The van der Waals surface area contributed by atoms with E-state index in [9.17, 15) is 9.59 Å². The Morgan fingerprint density at radius 3 is 3.12 bits per heavy atom. The summed E-state index contributed by atoms with van der Waals surface area (Å²) in [5.74, 6) is 0.401. The summed E-state index contributed by atoms with van der Waals surface area (Å²) in [6.45, 7) is 5.40. The van der Waals surface area contributed by atoms with E-state index in [2.05, 4.69) is 11.3 Å². The number of allylic oxidation sites excluding steroid dienone is 2. The van der Waals surface area contributed by atoms with Crippen molar-refractivity contribution in [2.45, 2.75) is 26.2 Å². The van der Waals surface area contributed by atoms with Gasteiger partial charge in [-0.2, -0.15) is 0 Å². The number of carbonyl (C=O) groups excluding carboxylic acids is 2. The van der Waals surface area contributed by atoms with Gasteiger partial charge >= 0.3 is 6.16 Å². The molecule has 1 atom stereocenters. The molecule has 0 aromatic rings. The van der Waals surface area contributed by atoms with Crippen molar-refractivity contribution in [2.75, 3.05) is 6.61 Å². The van der Waals surface area contributed by atoms with Gasteiger partial charge in [0.2, 0.25) is 0 Å². The monoisotopic (exact) mass is 224 g/mol. The van der Waals surface area contributed by atoms with E-state index in [-0.39, 0.29) is 18.3 Å². The Kier molecular flexibility index (Phi) is 4.76. The van der Waals surface area contributed by atoms with Crippen LogP contribution in [0.4, 0.5) is 4.79 Å². The van der Waals surface area contributed by atoms with Crippen molar-refractivity contribution < 1.29 is 19.1 Å². The quantitative estimate of drug-likeness (QED) is 0.546. The summed E-state index contributed by atoms with van der Waals surface area (Å²) in [6.07, 6.45) is 4.33. The molecule has 4 heteroatoms. The Hall–Kier alpha value is -1.58. The summed E-state index contributed by atoms with van der Waals surface area (Å²) in [5, 5.41) is 0. The lowest BCUT2D eigenvalue weighted by atomic mass is 10.0. The fourth-order valence-electron chi connectivity index (χ4n) is 1.44. The lowest BCUT2D eigenvalue weighted by Gasteiger charge is -2.05. The van der Waals surface area contributed by atoms with Crippen LogP contribution >= 0.6 is 0 Å². The van der Waals surface area contributed by atoms with E-state index in [1.54, 1.807) is 0 Å². The van der Waals surface area contributed by atoms with E-state index in [1.807, 2.05) is 6.92 Å². The molecule has 1 aliphatic carbocycles. The summed E-state index contributed by atoms with van der Waals surface area (Å²) >= 11 is 0.